The van der Waals surface area contributed by atoms with E-state index in [2.05, 4.69) is 12.6 Å². The monoisotopic (exact) mass is 137 g/mol. The zero-order valence-electron chi connectivity index (χ0n) is 5.26. The molecule has 0 radical (unpaired) electrons. The van der Waals surface area contributed by atoms with Crippen LogP contribution in [-0.2, 0) is 0 Å². The molecule has 3 heteroatoms. The second-order valence-corrected chi connectivity index (χ2v) is 2.54. The molecule has 0 bridgehead atoms. The van der Waals surface area contributed by atoms with Crippen LogP contribution in [0.25, 0.3) is 0 Å². The van der Waals surface area contributed by atoms with Gasteiger partial charge in [-0.2, -0.15) is 0 Å². The van der Waals surface area contributed by atoms with E-state index in [0.29, 0.717) is 0 Å². The Labute approximate surface area is 61.1 Å². The molecule has 0 spiro atoms. The third-order valence-corrected chi connectivity index (χ3v) is 1.57. The number of benzene rings is 1. The van der Waals surface area contributed by atoms with Crippen LogP contribution < -0.4 is 11.2 Å². The first-order valence-corrected chi connectivity index (χ1v) is 3.20. The van der Waals surface area contributed by atoms with Gasteiger partial charge in [-0.25, -0.2) is 0 Å². The van der Waals surface area contributed by atoms with Crippen LogP contribution in [0.2, 0.25) is 0 Å². The molecule has 1 aromatic carbocycles. The highest BCUT2D eigenvalue weighted by Gasteiger charge is 1.90. The molecule has 0 saturated carbocycles. The molecule has 0 aliphatic heterocycles. The largest absolute Gasteiger partial charge is 0.398 e. The number of hydrogen-bond acceptors (Lipinski definition) is 2. The van der Waals surface area contributed by atoms with Gasteiger partial charge in [0, 0.05) is 10.6 Å². The lowest BCUT2D eigenvalue weighted by Crippen LogP contribution is -2.01. The van der Waals surface area contributed by atoms with E-state index >= 15 is 0 Å². The molecular weight excluding hydrogens is 129 g/mol. The Morgan fingerprint density at radius 2 is 2.11 bits per heavy atom. The number of rotatable bonds is 0. The van der Waals surface area contributed by atoms with E-state index in [0.717, 1.165) is 10.6 Å². The van der Waals surface area contributed by atoms with Gasteiger partial charge in [-0.3, -0.25) is 0 Å². The Kier molecular flexibility index (Phi) is 1.71. The van der Waals surface area contributed by atoms with Crippen molar-refractivity contribution in [2.75, 3.05) is 5.73 Å². The summed E-state index contributed by atoms with van der Waals surface area (Å²) < 4.78 is 0. The molecule has 0 aliphatic carbocycles. The third kappa shape index (κ3) is 1.42. The van der Waals surface area contributed by atoms with Crippen LogP contribution in [0.1, 0.15) is 0 Å². The van der Waals surface area contributed by atoms with Crippen LogP contribution in [-0.4, -0.2) is 7.85 Å². The van der Waals surface area contributed by atoms with Gasteiger partial charge in [-0.15, -0.1) is 12.6 Å². The van der Waals surface area contributed by atoms with Gasteiger partial charge in [0.15, 0.2) is 0 Å². The quantitative estimate of drug-likeness (QED) is 0.289. The Hall–Kier alpha value is -0.565. The predicted molar refractivity (Wildman–Crippen MR) is 46.3 cm³/mol. The summed E-state index contributed by atoms with van der Waals surface area (Å²) in [6.45, 7) is 0. The molecule has 0 aliphatic rings. The van der Waals surface area contributed by atoms with E-state index in [1.165, 1.54) is 5.46 Å². The fourth-order valence-corrected chi connectivity index (χ4v) is 0.932. The normalized spacial score (nSPS) is 9.44. The molecule has 1 nitrogen and oxygen atoms in total. The number of nitrogens with two attached hydrogens (primary N) is 1. The number of anilines is 1. The maximum atomic E-state index is 5.51. The van der Waals surface area contributed by atoms with Crippen molar-refractivity contribution in [1.82, 2.24) is 0 Å². The Balaban J connectivity index is 3.17. The van der Waals surface area contributed by atoms with E-state index in [9.17, 15) is 0 Å². The summed E-state index contributed by atoms with van der Waals surface area (Å²) in [6, 6.07) is 5.77. The van der Waals surface area contributed by atoms with Crippen LogP contribution >= 0.6 is 12.6 Å². The summed E-state index contributed by atoms with van der Waals surface area (Å²) >= 11 is 4.14. The minimum Gasteiger partial charge on any atom is -0.398 e. The predicted octanol–water partition coefficient (Wildman–Crippen LogP) is -0.184. The number of nitrogen functional groups attached to an aromatic ring is 1. The summed E-state index contributed by atoms with van der Waals surface area (Å²) in [5.41, 5.74) is 7.44. The molecule has 0 amide bonds. The summed E-state index contributed by atoms with van der Waals surface area (Å²) in [7, 11) is 2.01. The zero-order chi connectivity index (χ0) is 6.85. The van der Waals surface area contributed by atoms with Crippen molar-refractivity contribution in [2.24, 2.45) is 0 Å². The van der Waals surface area contributed by atoms with Gasteiger partial charge in [0.25, 0.3) is 0 Å². The summed E-state index contributed by atoms with van der Waals surface area (Å²) in [4.78, 5) is 0.856. The van der Waals surface area contributed by atoms with Gasteiger partial charge in [0.05, 0.1) is 0 Å². The maximum Gasteiger partial charge on any atom is 0.139 e. The Morgan fingerprint density at radius 1 is 1.44 bits per heavy atom. The lowest BCUT2D eigenvalue weighted by Gasteiger charge is -1.97. The average molecular weight is 137 g/mol. The second kappa shape index (κ2) is 2.35. The fraction of sp³-hybridized carbons (Fsp3) is 0. The molecule has 46 valence electrons. The van der Waals surface area contributed by atoms with Crippen molar-refractivity contribution in [1.29, 1.82) is 0 Å². The van der Waals surface area contributed by atoms with E-state index < -0.39 is 0 Å². The molecule has 0 atom stereocenters. The van der Waals surface area contributed by atoms with Crippen LogP contribution in [0.4, 0.5) is 5.69 Å². The van der Waals surface area contributed by atoms with Gasteiger partial charge in [-0.1, -0.05) is 17.6 Å². The fourth-order valence-electron chi connectivity index (χ4n) is 0.654. The molecule has 0 fully saturated rings. The standard InChI is InChI=1S/C6H8BNS/c7-4-1-2-5(8)6(9)3-4/h1-3,9H,7-8H2. The highest BCUT2D eigenvalue weighted by atomic mass is 32.1. The summed E-state index contributed by atoms with van der Waals surface area (Å²) in [5, 5.41) is 0. The lowest BCUT2D eigenvalue weighted by molar-refractivity contribution is 1.50. The molecule has 0 saturated heterocycles. The molecule has 1 aromatic rings. The van der Waals surface area contributed by atoms with Gasteiger partial charge >= 0.3 is 0 Å². The summed E-state index contributed by atoms with van der Waals surface area (Å²) in [6.07, 6.45) is 0. The van der Waals surface area contributed by atoms with Crippen LogP contribution in [0.3, 0.4) is 0 Å². The molecule has 0 aromatic heterocycles. The van der Waals surface area contributed by atoms with Crippen molar-refractivity contribution in [3.8, 4) is 0 Å². The maximum absolute atomic E-state index is 5.51. The Bertz CT molecular complexity index is 224. The van der Waals surface area contributed by atoms with Gasteiger partial charge < -0.3 is 5.73 Å². The smallest absolute Gasteiger partial charge is 0.139 e. The topological polar surface area (TPSA) is 26.0 Å². The lowest BCUT2D eigenvalue weighted by atomic mass is 9.96. The SMILES string of the molecule is Bc1ccc(N)c(S)c1. The molecule has 0 unspecified atom stereocenters. The molecular formula is C6H8BNS. The summed E-state index contributed by atoms with van der Waals surface area (Å²) in [5.74, 6) is 0. The minimum atomic E-state index is 0.740. The van der Waals surface area contributed by atoms with Gasteiger partial charge in [0.2, 0.25) is 0 Å². The van der Waals surface area contributed by atoms with Crippen molar-refractivity contribution >= 4 is 31.6 Å². The van der Waals surface area contributed by atoms with E-state index in [1.807, 2.05) is 26.0 Å². The van der Waals surface area contributed by atoms with Crippen molar-refractivity contribution in [2.45, 2.75) is 4.90 Å². The third-order valence-electron chi connectivity index (χ3n) is 1.19. The first-order chi connectivity index (χ1) is 4.20. The van der Waals surface area contributed by atoms with Gasteiger partial charge in [-0.05, 0) is 6.07 Å². The zero-order valence-corrected chi connectivity index (χ0v) is 6.15. The average Bonchev–Trinajstić information content (AvgIpc) is 1.80. The second-order valence-electron chi connectivity index (χ2n) is 2.06. The van der Waals surface area contributed by atoms with E-state index in [4.69, 9.17) is 5.73 Å². The highest BCUT2D eigenvalue weighted by molar-refractivity contribution is 7.80. The Morgan fingerprint density at radius 3 is 2.56 bits per heavy atom. The van der Waals surface area contributed by atoms with E-state index in [1.54, 1.807) is 0 Å². The van der Waals surface area contributed by atoms with Crippen molar-refractivity contribution < 1.29 is 0 Å². The van der Waals surface area contributed by atoms with E-state index in [-0.39, 0.29) is 0 Å². The van der Waals surface area contributed by atoms with Crippen LogP contribution in [0, 0.1) is 0 Å². The molecule has 2 N–H and O–H groups in total. The first kappa shape index (κ1) is 6.55. The van der Waals surface area contributed by atoms with Crippen LogP contribution in [0.5, 0.6) is 0 Å². The minimum absolute atomic E-state index is 0.740. The van der Waals surface area contributed by atoms with Crippen molar-refractivity contribution in [3.05, 3.63) is 18.2 Å². The molecule has 0 heterocycles. The first-order valence-electron chi connectivity index (χ1n) is 2.75. The number of hydrogen-bond donors (Lipinski definition) is 2. The molecule has 1 rings (SSSR count). The highest BCUT2D eigenvalue weighted by Crippen LogP contribution is 2.11. The van der Waals surface area contributed by atoms with Gasteiger partial charge in [0.1, 0.15) is 7.85 Å². The van der Waals surface area contributed by atoms with Crippen LogP contribution in [0.15, 0.2) is 23.1 Å². The molecule has 9 heavy (non-hydrogen) atoms. The number of thiol groups is 1. The van der Waals surface area contributed by atoms with Crippen molar-refractivity contribution in [3.63, 3.8) is 0 Å².